The number of nitrogens with zero attached hydrogens (tertiary/aromatic N) is 3. The number of piperidine rings is 1. The van der Waals surface area contributed by atoms with Crippen LogP contribution in [0.2, 0.25) is 0 Å². The van der Waals surface area contributed by atoms with Crippen molar-refractivity contribution >= 4 is 5.91 Å². The number of benzene rings is 1. The van der Waals surface area contributed by atoms with Crippen LogP contribution in [0.25, 0.3) is 11.4 Å². The number of hydrogen-bond acceptors (Lipinski definition) is 3. The Morgan fingerprint density at radius 1 is 1.27 bits per heavy atom. The van der Waals surface area contributed by atoms with Crippen molar-refractivity contribution < 1.29 is 4.79 Å². The number of amides is 1. The molecule has 1 atom stereocenters. The van der Waals surface area contributed by atoms with Crippen molar-refractivity contribution in [1.82, 2.24) is 14.9 Å². The Bertz CT molecular complexity index is 642. The summed E-state index contributed by atoms with van der Waals surface area (Å²) in [5, 5.41) is 0. The second kappa shape index (κ2) is 6.69. The lowest BCUT2D eigenvalue weighted by atomic mass is 9.94. The first-order chi connectivity index (χ1) is 10.8. The smallest absolute Gasteiger partial charge is 0.222 e. The fourth-order valence-corrected chi connectivity index (χ4v) is 3.00. The minimum Gasteiger partial charge on any atom is -0.342 e. The average molecular weight is 295 g/mol. The van der Waals surface area contributed by atoms with Crippen LogP contribution in [0.5, 0.6) is 0 Å². The molecule has 0 bridgehead atoms. The third-order valence-corrected chi connectivity index (χ3v) is 4.20. The van der Waals surface area contributed by atoms with Crippen LogP contribution in [0.3, 0.4) is 0 Å². The van der Waals surface area contributed by atoms with Gasteiger partial charge in [0.25, 0.3) is 0 Å². The van der Waals surface area contributed by atoms with Crippen molar-refractivity contribution in [3.05, 3.63) is 48.3 Å². The van der Waals surface area contributed by atoms with Gasteiger partial charge in [-0.05, 0) is 18.9 Å². The highest BCUT2D eigenvalue weighted by Crippen LogP contribution is 2.27. The van der Waals surface area contributed by atoms with Gasteiger partial charge in [-0.15, -0.1) is 0 Å². The summed E-state index contributed by atoms with van der Waals surface area (Å²) in [6.45, 7) is 3.57. The maximum atomic E-state index is 11.9. The van der Waals surface area contributed by atoms with Gasteiger partial charge in [0.2, 0.25) is 5.91 Å². The number of carbonyl (C=O) groups is 1. The summed E-state index contributed by atoms with van der Waals surface area (Å²) in [7, 11) is 0. The quantitative estimate of drug-likeness (QED) is 0.873. The van der Waals surface area contributed by atoms with E-state index in [0.717, 1.165) is 43.0 Å². The molecule has 3 rings (SSSR count). The van der Waals surface area contributed by atoms with Crippen molar-refractivity contribution in [2.45, 2.75) is 32.1 Å². The Morgan fingerprint density at radius 2 is 2.09 bits per heavy atom. The molecule has 4 heteroatoms. The largest absolute Gasteiger partial charge is 0.342 e. The first-order valence-corrected chi connectivity index (χ1v) is 7.94. The summed E-state index contributed by atoms with van der Waals surface area (Å²) in [4.78, 5) is 23.0. The molecule has 1 aliphatic rings. The van der Waals surface area contributed by atoms with Gasteiger partial charge < -0.3 is 4.90 Å². The van der Waals surface area contributed by atoms with E-state index in [1.54, 1.807) is 0 Å². The van der Waals surface area contributed by atoms with E-state index in [4.69, 9.17) is 4.98 Å². The molecular formula is C18H21N3O. The van der Waals surface area contributed by atoms with Crippen LogP contribution in [-0.2, 0) is 4.79 Å². The summed E-state index contributed by atoms with van der Waals surface area (Å²) in [5.74, 6) is 1.31. The second-order valence-electron chi connectivity index (χ2n) is 5.70. The number of rotatable bonds is 3. The molecule has 2 heterocycles. The molecule has 1 aromatic carbocycles. The molecule has 0 spiro atoms. The van der Waals surface area contributed by atoms with Crippen molar-refractivity contribution in [3.63, 3.8) is 0 Å². The Labute approximate surface area is 131 Å². The van der Waals surface area contributed by atoms with Gasteiger partial charge in [0.15, 0.2) is 5.82 Å². The summed E-state index contributed by atoms with van der Waals surface area (Å²) >= 11 is 0. The molecule has 0 aliphatic carbocycles. The maximum absolute atomic E-state index is 11.9. The molecule has 1 saturated heterocycles. The number of likely N-dealkylation sites (tertiary alicyclic amines) is 1. The zero-order chi connectivity index (χ0) is 15.4. The molecule has 2 aromatic rings. The zero-order valence-electron chi connectivity index (χ0n) is 12.9. The van der Waals surface area contributed by atoms with Crippen LogP contribution in [0, 0.1) is 0 Å². The van der Waals surface area contributed by atoms with Crippen LogP contribution in [0.15, 0.2) is 42.6 Å². The molecule has 1 fully saturated rings. The first-order valence-electron chi connectivity index (χ1n) is 7.94. The van der Waals surface area contributed by atoms with E-state index >= 15 is 0 Å². The van der Waals surface area contributed by atoms with Crippen LogP contribution in [0.4, 0.5) is 0 Å². The zero-order valence-corrected chi connectivity index (χ0v) is 12.9. The minimum absolute atomic E-state index is 0.238. The predicted octanol–water partition coefficient (Wildman–Crippen LogP) is 3.26. The molecule has 0 N–H and O–H groups in total. The Morgan fingerprint density at radius 3 is 2.86 bits per heavy atom. The first kappa shape index (κ1) is 14.7. The summed E-state index contributed by atoms with van der Waals surface area (Å²) in [5.41, 5.74) is 2.07. The van der Waals surface area contributed by atoms with E-state index in [1.165, 1.54) is 0 Å². The number of carbonyl (C=O) groups excluding carboxylic acids is 1. The van der Waals surface area contributed by atoms with E-state index in [9.17, 15) is 4.79 Å². The van der Waals surface area contributed by atoms with Gasteiger partial charge >= 0.3 is 0 Å². The van der Waals surface area contributed by atoms with E-state index < -0.39 is 0 Å². The molecule has 1 unspecified atom stereocenters. The molecule has 0 radical (unpaired) electrons. The van der Waals surface area contributed by atoms with Crippen molar-refractivity contribution in [2.24, 2.45) is 0 Å². The Hall–Kier alpha value is -2.23. The molecule has 4 nitrogen and oxygen atoms in total. The average Bonchev–Trinajstić information content (AvgIpc) is 2.62. The Kier molecular flexibility index (Phi) is 4.47. The molecule has 1 aromatic heterocycles. The van der Waals surface area contributed by atoms with Crippen molar-refractivity contribution in [1.29, 1.82) is 0 Å². The second-order valence-corrected chi connectivity index (χ2v) is 5.70. The minimum atomic E-state index is 0.238. The lowest BCUT2D eigenvalue weighted by Crippen LogP contribution is -2.38. The number of aromatic nitrogens is 2. The fourth-order valence-electron chi connectivity index (χ4n) is 3.00. The van der Waals surface area contributed by atoms with Crippen molar-refractivity contribution in [2.75, 3.05) is 13.1 Å². The van der Waals surface area contributed by atoms with Gasteiger partial charge in [0.1, 0.15) is 0 Å². The van der Waals surface area contributed by atoms with Crippen molar-refractivity contribution in [3.8, 4) is 11.4 Å². The van der Waals surface area contributed by atoms with Gasteiger partial charge in [0.05, 0.1) is 0 Å². The van der Waals surface area contributed by atoms with Crippen LogP contribution in [0.1, 0.15) is 37.8 Å². The molecule has 1 amide bonds. The van der Waals surface area contributed by atoms with E-state index in [-0.39, 0.29) is 5.91 Å². The third-order valence-electron chi connectivity index (χ3n) is 4.20. The lowest BCUT2D eigenvalue weighted by molar-refractivity contribution is -0.132. The third kappa shape index (κ3) is 3.16. The predicted molar refractivity (Wildman–Crippen MR) is 86.3 cm³/mol. The molecular weight excluding hydrogens is 274 g/mol. The van der Waals surface area contributed by atoms with E-state index in [2.05, 4.69) is 4.98 Å². The van der Waals surface area contributed by atoms with Gasteiger partial charge in [-0.1, -0.05) is 37.3 Å². The van der Waals surface area contributed by atoms with Crippen LogP contribution < -0.4 is 0 Å². The van der Waals surface area contributed by atoms with Gasteiger partial charge in [-0.2, -0.15) is 0 Å². The number of hydrogen-bond donors (Lipinski definition) is 0. The normalized spacial score (nSPS) is 18.2. The SMILES string of the molecule is CCC(=O)N1CCCC(c2ccnc(-c3ccccc3)n2)C1. The molecule has 0 saturated carbocycles. The Balaban J connectivity index is 1.81. The van der Waals surface area contributed by atoms with Crippen LogP contribution in [-0.4, -0.2) is 33.9 Å². The van der Waals surface area contributed by atoms with Gasteiger partial charge in [-0.3, -0.25) is 4.79 Å². The summed E-state index contributed by atoms with van der Waals surface area (Å²) < 4.78 is 0. The topological polar surface area (TPSA) is 46.1 Å². The highest BCUT2D eigenvalue weighted by molar-refractivity contribution is 5.76. The van der Waals surface area contributed by atoms with E-state index in [1.807, 2.05) is 54.4 Å². The lowest BCUT2D eigenvalue weighted by Gasteiger charge is -2.32. The molecule has 114 valence electrons. The van der Waals surface area contributed by atoms with E-state index in [0.29, 0.717) is 12.3 Å². The van der Waals surface area contributed by atoms with Gasteiger partial charge in [-0.25, -0.2) is 9.97 Å². The highest BCUT2D eigenvalue weighted by Gasteiger charge is 2.25. The molecule has 1 aliphatic heterocycles. The molecule has 22 heavy (non-hydrogen) atoms. The monoisotopic (exact) mass is 295 g/mol. The fraction of sp³-hybridized carbons (Fsp3) is 0.389. The van der Waals surface area contributed by atoms with Crippen LogP contribution >= 0.6 is 0 Å². The van der Waals surface area contributed by atoms with Gasteiger partial charge in [0, 0.05) is 42.9 Å². The highest BCUT2D eigenvalue weighted by atomic mass is 16.2. The summed E-state index contributed by atoms with van der Waals surface area (Å²) in [6.07, 6.45) is 4.52. The summed E-state index contributed by atoms with van der Waals surface area (Å²) in [6, 6.07) is 12.0. The standard InChI is InChI=1S/C18H21N3O/c1-2-17(22)21-12-6-9-15(13-21)16-10-11-19-18(20-16)14-7-4-3-5-8-14/h3-5,7-8,10-11,15H,2,6,9,12-13H2,1H3. The maximum Gasteiger partial charge on any atom is 0.222 e.